The summed E-state index contributed by atoms with van der Waals surface area (Å²) in [6, 6.07) is 36.2. The summed E-state index contributed by atoms with van der Waals surface area (Å²) in [7, 11) is 0. The summed E-state index contributed by atoms with van der Waals surface area (Å²) in [5, 5.41) is 110. The Bertz CT molecular complexity index is 3350. The van der Waals surface area contributed by atoms with E-state index in [2.05, 4.69) is 0 Å². The van der Waals surface area contributed by atoms with E-state index in [9.17, 15) is 51.1 Å². The van der Waals surface area contributed by atoms with Crippen LogP contribution in [0, 0.1) is 0 Å². The molecule has 0 aliphatic carbocycles. The van der Waals surface area contributed by atoms with Crippen molar-refractivity contribution in [3.63, 3.8) is 0 Å². The first-order valence-electron chi connectivity index (χ1n) is 21.0. The van der Waals surface area contributed by atoms with Crippen LogP contribution in [0.2, 0.25) is 0 Å². The Morgan fingerprint density at radius 2 is 0.588 bits per heavy atom. The van der Waals surface area contributed by atoms with Crippen LogP contribution in [0.25, 0.3) is 102 Å². The van der Waals surface area contributed by atoms with Gasteiger partial charge < -0.3 is 59.9 Å². The molecule has 2 heterocycles. The zero-order valence-electron chi connectivity index (χ0n) is 35.5. The number of furan rings is 2. The van der Waals surface area contributed by atoms with Gasteiger partial charge in [-0.2, -0.15) is 0 Å². The minimum absolute atomic E-state index is 0.0257. The highest BCUT2D eigenvalue weighted by atomic mass is 16.3. The van der Waals surface area contributed by atoms with Gasteiger partial charge in [0, 0.05) is 45.2 Å². The summed E-state index contributed by atoms with van der Waals surface area (Å²) in [6.45, 7) is 0. The van der Waals surface area contributed by atoms with Crippen molar-refractivity contribution in [1.29, 1.82) is 0 Å². The van der Waals surface area contributed by atoms with Crippen LogP contribution in [0.4, 0.5) is 0 Å². The minimum atomic E-state index is -0.373. The van der Waals surface area contributed by atoms with Gasteiger partial charge in [0.15, 0.2) is 0 Å². The predicted molar refractivity (Wildman–Crippen MR) is 261 cm³/mol. The third-order valence-electron chi connectivity index (χ3n) is 11.5. The number of hydrogen-bond donors (Lipinski definition) is 10. The maximum absolute atomic E-state index is 12.5. The Hall–Kier alpha value is -9.68. The predicted octanol–water partition coefficient (Wildman–Crippen LogP) is 12.9. The lowest BCUT2D eigenvalue weighted by atomic mass is 9.89. The highest BCUT2D eigenvalue weighted by Crippen LogP contribution is 2.56. The van der Waals surface area contributed by atoms with Gasteiger partial charge in [-0.25, -0.2) is 0 Å². The molecular formula is C56H38O12. The van der Waals surface area contributed by atoms with E-state index in [4.69, 9.17) is 8.83 Å². The molecule has 0 fully saturated rings. The van der Waals surface area contributed by atoms with E-state index in [1.165, 1.54) is 97.1 Å². The van der Waals surface area contributed by atoms with Crippen molar-refractivity contribution in [3.8, 4) is 114 Å². The largest absolute Gasteiger partial charge is 0.508 e. The van der Waals surface area contributed by atoms with Crippen LogP contribution in [0.3, 0.4) is 0 Å². The fourth-order valence-electron chi connectivity index (χ4n) is 8.53. The molecule has 8 aromatic carbocycles. The molecule has 10 N–H and O–H groups in total. The normalized spacial score (nSPS) is 11.7. The molecule has 0 bridgehead atoms. The Balaban J connectivity index is 1.36. The van der Waals surface area contributed by atoms with Crippen molar-refractivity contribution >= 4 is 46.2 Å². The topological polar surface area (TPSA) is 229 Å². The molecule has 0 amide bonds. The molecule has 10 rings (SSSR count). The Kier molecular flexibility index (Phi) is 10.4. The first kappa shape index (κ1) is 42.3. The molecule has 334 valence electrons. The SMILES string of the molecule is Oc1ccc(C=Cc2cc(O)c(-c3c(O)cc(C=Cc4ccc(O)cc4)c4c(-c5cc(O)cc(O)c5)c(-c5ccc(O)cc5)oc34)c3oc(-c4ccc(O)cc4)c(-c4cc(O)cc(O)c4)c23)cc1. The first-order chi connectivity index (χ1) is 32.8. The summed E-state index contributed by atoms with van der Waals surface area (Å²) >= 11 is 0. The van der Waals surface area contributed by atoms with Gasteiger partial charge in [-0.3, -0.25) is 0 Å². The number of phenols is 10. The van der Waals surface area contributed by atoms with Gasteiger partial charge >= 0.3 is 0 Å². The molecule has 12 heteroatoms. The molecule has 0 saturated heterocycles. The molecule has 12 nitrogen and oxygen atoms in total. The third-order valence-corrected chi connectivity index (χ3v) is 11.5. The quantitative estimate of drug-likeness (QED) is 0.0610. The second kappa shape index (κ2) is 16.7. The lowest BCUT2D eigenvalue weighted by Crippen LogP contribution is -1.90. The van der Waals surface area contributed by atoms with Crippen molar-refractivity contribution < 1.29 is 59.9 Å². The van der Waals surface area contributed by atoms with Crippen molar-refractivity contribution in [2.75, 3.05) is 0 Å². The molecule has 10 aromatic rings. The average Bonchev–Trinajstić information content (AvgIpc) is 3.90. The van der Waals surface area contributed by atoms with Crippen LogP contribution in [-0.2, 0) is 0 Å². The van der Waals surface area contributed by atoms with Crippen LogP contribution in [0.5, 0.6) is 57.5 Å². The van der Waals surface area contributed by atoms with Gasteiger partial charge in [-0.1, -0.05) is 48.6 Å². The van der Waals surface area contributed by atoms with Gasteiger partial charge in [0.1, 0.15) is 80.2 Å². The molecule has 0 atom stereocenters. The summed E-state index contributed by atoms with van der Waals surface area (Å²) in [5.41, 5.74) is 4.39. The average molecular weight is 903 g/mol. The second-order valence-electron chi connectivity index (χ2n) is 16.2. The van der Waals surface area contributed by atoms with E-state index in [0.717, 1.165) is 0 Å². The van der Waals surface area contributed by atoms with Gasteiger partial charge in [0.2, 0.25) is 0 Å². The minimum Gasteiger partial charge on any atom is -0.508 e. The summed E-state index contributed by atoms with van der Waals surface area (Å²) < 4.78 is 13.8. The number of aromatic hydroxyl groups is 10. The number of benzene rings is 8. The van der Waals surface area contributed by atoms with E-state index in [1.807, 2.05) is 0 Å². The number of phenolic OH excluding ortho intramolecular Hbond substituents is 10. The lowest BCUT2D eigenvalue weighted by Gasteiger charge is -2.13. The van der Waals surface area contributed by atoms with Gasteiger partial charge in [-0.05, 0) is 143 Å². The highest BCUT2D eigenvalue weighted by Gasteiger charge is 2.32. The Labute approximate surface area is 386 Å². The molecule has 0 unspecified atom stereocenters. The molecule has 0 saturated carbocycles. The third kappa shape index (κ3) is 7.83. The fraction of sp³-hybridized carbons (Fsp3) is 0. The first-order valence-corrected chi connectivity index (χ1v) is 21.0. The smallest absolute Gasteiger partial charge is 0.147 e. The maximum atomic E-state index is 12.5. The van der Waals surface area contributed by atoms with Crippen LogP contribution in [0.1, 0.15) is 22.3 Å². The lowest BCUT2D eigenvalue weighted by molar-refractivity contribution is 0.450. The van der Waals surface area contributed by atoms with Crippen LogP contribution >= 0.6 is 0 Å². The van der Waals surface area contributed by atoms with Crippen LogP contribution in [-0.4, -0.2) is 51.1 Å². The molecule has 2 aromatic heterocycles. The number of rotatable bonds is 9. The number of fused-ring (bicyclic) bond motifs is 2. The zero-order chi connectivity index (χ0) is 47.4. The highest BCUT2D eigenvalue weighted by molar-refractivity contribution is 6.19. The van der Waals surface area contributed by atoms with Crippen molar-refractivity contribution in [2.24, 2.45) is 0 Å². The summed E-state index contributed by atoms with van der Waals surface area (Å²) in [6.07, 6.45) is 6.94. The van der Waals surface area contributed by atoms with Crippen LogP contribution < -0.4 is 0 Å². The van der Waals surface area contributed by atoms with Gasteiger partial charge in [-0.15, -0.1) is 0 Å². The monoisotopic (exact) mass is 902 g/mol. The molecule has 0 aliphatic rings. The molecule has 0 radical (unpaired) electrons. The van der Waals surface area contributed by atoms with Crippen LogP contribution in [0.15, 0.2) is 154 Å². The molecular weight excluding hydrogens is 865 g/mol. The van der Waals surface area contributed by atoms with Crippen molar-refractivity contribution in [3.05, 3.63) is 168 Å². The standard InChI is InChI=1S/C56H38O12/c57-37-13-3-29(4-14-37)1-7-33-25-45(65)51(55-47(33)49(35-21-41(61)27-42(62)22-35)53(67-55)31-9-17-39(59)18-10-31)52-46(66)26-34(8-2-30-5-15-38(58)16-6-30)48-50(36-23-43(63)28-44(64)24-36)54(68-56(48)52)32-11-19-40(60)20-12-32/h1-28,57-66H. The van der Waals surface area contributed by atoms with Gasteiger partial charge in [0.25, 0.3) is 0 Å². The second-order valence-corrected chi connectivity index (χ2v) is 16.2. The zero-order valence-corrected chi connectivity index (χ0v) is 35.5. The summed E-state index contributed by atoms with van der Waals surface area (Å²) in [5.74, 6) is -1.32. The summed E-state index contributed by atoms with van der Waals surface area (Å²) in [4.78, 5) is 0. The molecule has 68 heavy (non-hydrogen) atoms. The Morgan fingerprint density at radius 3 is 0.912 bits per heavy atom. The number of hydrogen-bond acceptors (Lipinski definition) is 12. The van der Waals surface area contributed by atoms with E-state index in [1.54, 1.807) is 72.8 Å². The van der Waals surface area contributed by atoms with Gasteiger partial charge in [0.05, 0.1) is 11.1 Å². The Morgan fingerprint density at radius 1 is 0.279 bits per heavy atom. The van der Waals surface area contributed by atoms with Crippen molar-refractivity contribution in [2.45, 2.75) is 0 Å². The molecule has 0 aliphatic heterocycles. The molecule has 0 spiro atoms. The van der Waals surface area contributed by atoms with Crippen molar-refractivity contribution in [1.82, 2.24) is 0 Å². The fourth-order valence-corrected chi connectivity index (χ4v) is 8.53. The van der Waals surface area contributed by atoms with E-state index in [0.29, 0.717) is 66.4 Å². The van der Waals surface area contributed by atoms with E-state index >= 15 is 0 Å². The van der Waals surface area contributed by atoms with E-state index in [-0.39, 0.29) is 91.3 Å². The van der Waals surface area contributed by atoms with E-state index < -0.39 is 0 Å². The maximum Gasteiger partial charge on any atom is 0.147 e.